The van der Waals surface area contributed by atoms with Crippen LogP contribution >= 0.6 is 11.3 Å². The minimum Gasteiger partial charge on any atom is -0.478 e. The number of rotatable bonds is 6. The molecule has 0 spiro atoms. The summed E-state index contributed by atoms with van der Waals surface area (Å²) < 4.78 is 11.5. The van der Waals surface area contributed by atoms with Crippen molar-refractivity contribution in [2.24, 2.45) is 0 Å². The lowest BCUT2D eigenvalue weighted by Crippen LogP contribution is -2.37. The topological polar surface area (TPSA) is 117 Å². The number of fused-ring (bicyclic) bond motifs is 1. The number of hydrogen-bond acceptors (Lipinski definition) is 6. The van der Waals surface area contributed by atoms with Gasteiger partial charge >= 0.3 is 5.97 Å². The molecule has 0 bridgehead atoms. The summed E-state index contributed by atoms with van der Waals surface area (Å²) >= 11 is 1.11. The average Bonchev–Trinajstić information content (AvgIpc) is 3.24. The predicted octanol–water partition coefficient (Wildman–Crippen LogP) is 4.63. The first kappa shape index (κ1) is 27.9. The Morgan fingerprint density at radius 1 is 1.17 bits per heavy atom. The molecular formula is C25H29N3O5S2. The SMILES string of the molecule is C.CC.CS(=O)c1ccc(CC(=O)Nc2nc3c(s2)C(=O)N(c2cccc(C(=O)O)c2)CC3)cc1. The Labute approximate surface area is 211 Å². The monoisotopic (exact) mass is 515 g/mol. The molecule has 35 heavy (non-hydrogen) atoms. The third-order valence-corrected chi connectivity index (χ3v) is 6.92. The normalized spacial score (nSPS) is 13.0. The number of carboxylic acids is 1. The molecule has 8 nitrogen and oxygen atoms in total. The fraction of sp³-hybridized carbons (Fsp3) is 0.280. The highest BCUT2D eigenvalue weighted by Gasteiger charge is 2.30. The number of carbonyl (C=O) groups excluding carboxylic acids is 2. The molecule has 3 aromatic rings. The number of aromatic nitrogens is 1. The number of carboxylic acid groups (broad SMARTS) is 1. The number of thiazole rings is 1. The maximum absolute atomic E-state index is 13.0. The quantitative estimate of drug-likeness (QED) is 0.495. The molecule has 10 heteroatoms. The summed E-state index contributed by atoms with van der Waals surface area (Å²) in [4.78, 5) is 43.7. The van der Waals surface area contributed by atoms with Crippen molar-refractivity contribution < 1.29 is 23.7 Å². The van der Waals surface area contributed by atoms with Gasteiger partial charge in [-0.3, -0.25) is 13.8 Å². The van der Waals surface area contributed by atoms with E-state index in [1.54, 1.807) is 42.7 Å². The van der Waals surface area contributed by atoms with Crippen LogP contribution in [0.1, 0.15) is 52.6 Å². The zero-order valence-corrected chi connectivity index (χ0v) is 20.7. The van der Waals surface area contributed by atoms with E-state index in [2.05, 4.69) is 10.3 Å². The second kappa shape index (κ2) is 12.4. The van der Waals surface area contributed by atoms with E-state index in [-0.39, 0.29) is 31.2 Å². The summed E-state index contributed by atoms with van der Waals surface area (Å²) in [5.41, 5.74) is 2.02. The number of anilines is 2. The molecule has 1 aliphatic rings. The Morgan fingerprint density at radius 2 is 1.86 bits per heavy atom. The molecule has 2 amide bonds. The molecule has 2 N–H and O–H groups in total. The smallest absolute Gasteiger partial charge is 0.335 e. The van der Waals surface area contributed by atoms with Crippen LogP contribution in [0.25, 0.3) is 0 Å². The van der Waals surface area contributed by atoms with E-state index in [1.165, 1.54) is 17.0 Å². The highest BCUT2D eigenvalue weighted by atomic mass is 32.2. The highest BCUT2D eigenvalue weighted by molar-refractivity contribution is 7.84. The molecule has 2 aromatic carbocycles. The van der Waals surface area contributed by atoms with Crippen LogP contribution in [0.5, 0.6) is 0 Å². The number of amides is 2. The summed E-state index contributed by atoms with van der Waals surface area (Å²) in [6.45, 7) is 4.37. The fourth-order valence-corrected chi connectivity index (χ4v) is 4.88. The zero-order chi connectivity index (χ0) is 24.8. The van der Waals surface area contributed by atoms with E-state index in [0.29, 0.717) is 39.3 Å². The number of carbonyl (C=O) groups is 3. The van der Waals surface area contributed by atoms with E-state index >= 15 is 0 Å². The molecule has 0 radical (unpaired) electrons. The van der Waals surface area contributed by atoms with Gasteiger partial charge in [0.2, 0.25) is 5.91 Å². The van der Waals surface area contributed by atoms with Gasteiger partial charge in [0.1, 0.15) is 4.88 Å². The van der Waals surface area contributed by atoms with Crippen LogP contribution in [0.4, 0.5) is 10.8 Å². The number of aromatic carboxylic acids is 1. The second-order valence-corrected chi connectivity index (χ2v) is 9.56. The molecule has 2 heterocycles. The van der Waals surface area contributed by atoms with Crippen LogP contribution in [-0.4, -0.2) is 44.9 Å². The molecular weight excluding hydrogens is 486 g/mol. The van der Waals surface area contributed by atoms with Crippen molar-refractivity contribution in [2.75, 3.05) is 23.0 Å². The number of hydrogen-bond donors (Lipinski definition) is 2. The van der Waals surface area contributed by atoms with Crippen LogP contribution in [0.2, 0.25) is 0 Å². The summed E-state index contributed by atoms with van der Waals surface area (Å²) in [6, 6.07) is 13.2. The van der Waals surface area contributed by atoms with Gasteiger partial charge in [-0.2, -0.15) is 0 Å². The van der Waals surface area contributed by atoms with Gasteiger partial charge in [-0.25, -0.2) is 9.78 Å². The minimum atomic E-state index is -1.08. The largest absolute Gasteiger partial charge is 0.478 e. The van der Waals surface area contributed by atoms with Crippen molar-refractivity contribution in [3.05, 3.63) is 70.2 Å². The minimum absolute atomic E-state index is 0. The lowest BCUT2D eigenvalue weighted by atomic mass is 10.1. The van der Waals surface area contributed by atoms with E-state index < -0.39 is 16.8 Å². The molecule has 1 unspecified atom stereocenters. The average molecular weight is 516 g/mol. The summed E-state index contributed by atoms with van der Waals surface area (Å²) in [5, 5.41) is 12.3. The highest BCUT2D eigenvalue weighted by Crippen LogP contribution is 2.31. The van der Waals surface area contributed by atoms with Gasteiger partial charge in [-0.15, -0.1) is 0 Å². The van der Waals surface area contributed by atoms with Crippen molar-refractivity contribution >= 4 is 50.7 Å². The van der Waals surface area contributed by atoms with E-state index in [4.69, 9.17) is 0 Å². The standard InChI is InChI=1S/C22H19N3O5S2.C2H6.CH4/c1-32(30)16-7-5-13(6-8-16)11-18(26)24-22-23-17-9-10-25(20(27)19(17)31-22)15-4-2-3-14(12-15)21(28)29;1-2;/h2-8,12H,9-11H2,1H3,(H,28,29)(H,23,24,26);1-2H3;1H4. The lowest BCUT2D eigenvalue weighted by molar-refractivity contribution is -0.115. The van der Waals surface area contributed by atoms with Gasteiger partial charge in [-0.05, 0) is 35.9 Å². The molecule has 1 atom stereocenters. The molecule has 0 saturated heterocycles. The Morgan fingerprint density at radius 3 is 2.49 bits per heavy atom. The molecule has 4 rings (SSSR count). The molecule has 186 valence electrons. The van der Waals surface area contributed by atoms with Crippen molar-refractivity contribution in [3.63, 3.8) is 0 Å². The first-order chi connectivity index (χ1) is 16.3. The van der Waals surface area contributed by atoms with Gasteiger partial charge in [0.25, 0.3) is 5.91 Å². The van der Waals surface area contributed by atoms with E-state index in [0.717, 1.165) is 16.9 Å². The zero-order valence-electron chi connectivity index (χ0n) is 19.0. The Bertz CT molecular complexity index is 1240. The fourth-order valence-electron chi connectivity index (χ4n) is 3.38. The van der Waals surface area contributed by atoms with E-state index in [9.17, 15) is 23.7 Å². The van der Waals surface area contributed by atoms with Gasteiger partial charge in [-0.1, -0.05) is 50.8 Å². The summed E-state index contributed by atoms with van der Waals surface area (Å²) in [6.07, 6.45) is 2.22. The Kier molecular flexibility index (Phi) is 9.85. The maximum Gasteiger partial charge on any atom is 0.335 e. The molecule has 0 fully saturated rings. The molecule has 1 aromatic heterocycles. The van der Waals surface area contributed by atoms with Gasteiger partial charge in [0.05, 0.1) is 17.7 Å². The van der Waals surface area contributed by atoms with Crippen molar-refractivity contribution in [3.8, 4) is 0 Å². The van der Waals surface area contributed by atoms with Crippen molar-refractivity contribution in [1.29, 1.82) is 0 Å². The number of nitrogens with one attached hydrogen (secondary N) is 1. The van der Waals surface area contributed by atoms with Gasteiger partial charge in [0.15, 0.2) is 5.13 Å². The maximum atomic E-state index is 13.0. The number of benzene rings is 2. The summed E-state index contributed by atoms with van der Waals surface area (Å²) in [7, 11) is -1.08. The van der Waals surface area contributed by atoms with Crippen LogP contribution in [0, 0.1) is 0 Å². The first-order valence-corrected chi connectivity index (χ1v) is 13.1. The van der Waals surface area contributed by atoms with Crippen LogP contribution in [0.15, 0.2) is 53.4 Å². The first-order valence-electron chi connectivity index (χ1n) is 10.7. The Balaban J connectivity index is 0.00000140. The molecule has 1 aliphatic heterocycles. The van der Waals surface area contributed by atoms with Crippen LogP contribution < -0.4 is 10.2 Å². The van der Waals surface area contributed by atoms with Crippen LogP contribution in [-0.2, 0) is 28.4 Å². The van der Waals surface area contributed by atoms with Crippen molar-refractivity contribution in [1.82, 2.24) is 4.98 Å². The lowest BCUT2D eigenvalue weighted by Gasteiger charge is -2.26. The third-order valence-electron chi connectivity index (χ3n) is 4.98. The summed E-state index contributed by atoms with van der Waals surface area (Å²) in [5.74, 6) is -1.59. The molecule has 0 aliphatic carbocycles. The van der Waals surface area contributed by atoms with Gasteiger partial charge in [0, 0.05) is 40.6 Å². The number of nitrogens with zero attached hydrogens (tertiary/aromatic N) is 2. The van der Waals surface area contributed by atoms with Crippen LogP contribution in [0.3, 0.4) is 0 Å². The second-order valence-electron chi connectivity index (χ2n) is 7.18. The molecule has 0 saturated carbocycles. The third kappa shape index (κ3) is 6.61. The predicted molar refractivity (Wildman–Crippen MR) is 140 cm³/mol. The Hall–Kier alpha value is -3.37. The van der Waals surface area contributed by atoms with Crippen molar-refractivity contribution in [2.45, 2.75) is 39.0 Å². The van der Waals surface area contributed by atoms with Gasteiger partial charge < -0.3 is 15.3 Å². The van der Waals surface area contributed by atoms with E-state index in [1.807, 2.05) is 13.8 Å².